The van der Waals surface area contributed by atoms with Crippen LogP contribution in [0.15, 0.2) is 349 Å². The summed E-state index contributed by atoms with van der Waals surface area (Å²) >= 11 is 0. The third-order valence-corrected chi connectivity index (χ3v) is 20.3. The second kappa shape index (κ2) is 22.8. The van der Waals surface area contributed by atoms with Gasteiger partial charge in [-0.2, -0.15) is 0 Å². The molecule has 8 aromatic heterocycles. The first-order valence-corrected chi connectivity index (χ1v) is 34.3. The maximum atomic E-state index is 6.50. The van der Waals surface area contributed by atoms with Crippen LogP contribution in [0.3, 0.4) is 0 Å². The van der Waals surface area contributed by atoms with Crippen molar-refractivity contribution in [1.29, 1.82) is 0 Å². The van der Waals surface area contributed by atoms with Gasteiger partial charge in [0.15, 0.2) is 5.82 Å². The van der Waals surface area contributed by atoms with Crippen LogP contribution in [-0.4, -0.2) is 38.2 Å². The first-order chi connectivity index (χ1) is 50.6. The number of hydrogen-bond donors (Lipinski definition) is 0. The standard InChI is InChI=1S/2C46H28N4O/c1-3-14-29(15-4-1)38-27-44(48-46(47-38)35-22-13-21-34-33-20-9-12-25-43(33)51-45(34)35)50-40-24-11-8-19-32(40)37-26-36-31-18-7-10-23-39(31)49(41(36)28-42(37)50)30-16-5-2-6-17-30;1-3-13-29(14-4-1)38-27-39(30-23-24-35-34-19-9-12-22-44(34)51-45(35)25-30)48-46(47-38)50-41-21-11-8-18-33(41)37-26-36-32-17-7-10-20-40(32)49(42(36)28-43(37)50)31-15-5-2-6-16-31/h2*1-28H. The second-order valence-electron chi connectivity index (χ2n) is 26.0. The van der Waals surface area contributed by atoms with Crippen LogP contribution in [0.5, 0.6) is 0 Å². The molecule has 10 heteroatoms. The molecule has 476 valence electrons. The average Bonchev–Trinajstić information content (AvgIpc) is 1.56. The Morgan fingerprint density at radius 1 is 0.216 bits per heavy atom. The summed E-state index contributed by atoms with van der Waals surface area (Å²) in [5.41, 5.74) is 20.9. The molecule has 0 saturated carbocycles. The Hall–Kier alpha value is -14.0. The summed E-state index contributed by atoms with van der Waals surface area (Å²) in [6.07, 6.45) is 0. The van der Waals surface area contributed by atoms with E-state index in [1.54, 1.807) is 0 Å². The van der Waals surface area contributed by atoms with E-state index in [0.29, 0.717) is 11.8 Å². The maximum Gasteiger partial charge on any atom is 0.235 e. The molecule has 0 radical (unpaired) electrons. The van der Waals surface area contributed by atoms with Crippen LogP contribution in [0.25, 0.3) is 199 Å². The van der Waals surface area contributed by atoms with Crippen molar-refractivity contribution in [1.82, 2.24) is 38.2 Å². The monoisotopic (exact) mass is 1300 g/mol. The summed E-state index contributed by atoms with van der Waals surface area (Å²) in [5.74, 6) is 2.02. The SMILES string of the molecule is c1ccc(-c2cc(-c3ccc4c(c3)oc3ccccc34)nc(-n3c4ccccc4c4cc5c6ccccc6n(-c6ccccc6)c5cc43)n2)cc1.c1ccc(-c2cc(-n3c4ccccc4c4cc5c6ccccc6n(-c6ccccc6)c5cc43)nc(-c3cccc4c3oc3ccccc34)n2)cc1. The predicted molar refractivity (Wildman–Crippen MR) is 418 cm³/mol. The molecule has 0 unspecified atom stereocenters. The molecule has 0 bridgehead atoms. The van der Waals surface area contributed by atoms with Crippen LogP contribution in [0, 0.1) is 0 Å². The minimum absolute atomic E-state index is 0.612. The topological polar surface area (TPSA) is 97.6 Å². The van der Waals surface area contributed by atoms with E-state index in [4.69, 9.17) is 28.8 Å². The molecular weight excluding hydrogens is 1250 g/mol. The largest absolute Gasteiger partial charge is 0.456 e. The molecule has 0 N–H and O–H groups in total. The normalized spacial score (nSPS) is 11.9. The minimum atomic E-state index is 0.612. The van der Waals surface area contributed by atoms with E-state index in [-0.39, 0.29) is 0 Å². The fourth-order valence-corrected chi connectivity index (χ4v) is 15.7. The fourth-order valence-electron chi connectivity index (χ4n) is 15.7. The van der Waals surface area contributed by atoms with E-state index in [1.807, 2.05) is 48.5 Å². The highest BCUT2D eigenvalue weighted by molar-refractivity contribution is 6.21. The molecule has 0 aliphatic heterocycles. The van der Waals surface area contributed by atoms with Gasteiger partial charge >= 0.3 is 0 Å². The minimum Gasteiger partial charge on any atom is -0.456 e. The Bertz CT molecular complexity index is 7120. The summed E-state index contributed by atoms with van der Waals surface area (Å²) < 4.78 is 22.1. The van der Waals surface area contributed by atoms with Crippen molar-refractivity contribution >= 4 is 131 Å². The van der Waals surface area contributed by atoms with Gasteiger partial charge in [-0.15, -0.1) is 0 Å². The van der Waals surface area contributed by atoms with Gasteiger partial charge in [0.25, 0.3) is 0 Å². The van der Waals surface area contributed by atoms with E-state index in [1.165, 1.54) is 43.4 Å². The molecule has 22 rings (SSSR count). The van der Waals surface area contributed by atoms with Crippen molar-refractivity contribution in [3.05, 3.63) is 340 Å². The molecule has 8 heterocycles. The molecule has 0 fully saturated rings. The van der Waals surface area contributed by atoms with Crippen molar-refractivity contribution < 1.29 is 8.83 Å². The number of hydrogen-bond acceptors (Lipinski definition) is 6. The molecule has 0 spiro atoms. The Morgan fingerprint density at radius 3 is 1.17 bits per heavy atom. The molecular formula is C92H56N8O2. The molecule has 22 aromatic rings. The zero-order valence-electron chi connectivity index (χ0n) is 54.7. The van der Waals surface area contributed by atoms with Crippen LogP contribution in [0.1, 0.15) is 0 Å². The molecule has 0 atom stereocenters. The van der Waals surface area contributed by atoms with Crippen LogP contribution in [-0.2, 0) is 0 Å². The van der Waals surface area contributed by atoms with E-state index in [2.05, 4.69) is 309 Å². The molecule has 10 nitrogen and oxygen atoms in total. The number of rotatable bonds is 8. The predicted octanol–water partition coefficient (Wildman–Crippen LogP) is 23.8. The lowest BCUT2D eigenvalue weighted by molar-refractivity contribution is 0.669. The van der Waals surface area contributed by atoms with Gasteiger partial charge in [0, 0.05) is 98.8 Å². The summed E-state index contributed by atoms with van der Waals surface area (Å²) in [7, 11) is 0. The average molecular weight is 1310 g/mol. The Morgan fingerprint density at radius 2 is 0.618 bits per heavy atom. The second-order valence-corrected chi connectivity index (χ2v) is 26.0. The lowest BCUT2D eigenvalue weighted by atomic mass is 10.1. The third kappa shape index (κ3) is 8.99. The third-order valence-electron chi connectivity index (χ3n) is 20.3. The number of nitrogens with zero attached hydrogens (tertiary/aromatic N) is 8. The van der Waals surface area contributed by atoms with Gasteiger partial charge in [0.1, 0.15) is 28.1 Å². The Balaban J connectivity index is 0.000000133. The van der Waals surface area contributed by atoms with E-state index >= 15 is 0 Å². The van der Waals surface area contributed by atoms with Gasteiger partial charge in [-0.05, 0) is 109 Å². The van der Waals surface area contributed by atoms with E-state index in [0.717, 1.165) is 144 Å². The number of furan rings is 2. The van der Waals surface area contributed by atoms with Gasteiger partial charge in [0.2, 0.25) is 5.95 Å². The molecule has 0 amide bonds. The number of para-hydroxylation sites is 9. The van der Waals surface area contributed by atoms with Crippen molar-refractivity contribution in [3.8, 4) is 68.3 Å². The van der Waals surface area contributed by atoms with Gasteiger partial charge in [-0.3, -0.25) is 9.13 Å². The van der Waals surface area contributed by atoms with Crippen LogP contribution >= 0.6 is 0 Å². The fraction of sp³-hybridized carbons (Fsp3) is 0. The number of fused-ring (bicyclic) bond motifs is 18. The summed E-state index contributed by atoms with van der Waals surface area (Å²) in [6.45, 7) is 0. The molecule has 0 aliphatic rings. The van der Waals surface area contributed by atoms with E-state index in [9.17, 15) is 0 Å². The quantitative estimate of drug-likeness (QED) is 0.150. The van der Waals surface area contributed by atoms with Gasteiger partial charge in [-0.25, -0.2) is 19.9 Å². The highest BCUT2D eigenvalue weighted by Gasteiger charge is 2.25. The van der Waals surface area contributed by atoms with Crippen molar-refractivity contribution in [3.63, 3.8) is 0 Å². The van der Waals surface area contributed by atoms with Crippen LogP contribution in [0.2, 0.25) is 0 Å². The first-order valence-electron chi connectivity index (χ1n) is 34.3. The van der Waals surface area contributed by atoms with Crippen molar-refractivity contribution in [2.75, 3.05) is 0 Å². The van der Waals surface area contributed by atoms with E-state index < -0.39 is 0 Å². The summed E-state index contributed by atoms with van der Waals surface area (Å²) in [5, 5.41) is 13.9. The maximum absolute atomic E-state index is 6.50. The molecule has 0 aliphatic carbocycles. The zero-order valence-corrected chi connectivity index (χ0v) is 54.7. The zero-order chi connectivity index (χ0) is 66.9. The first kappa shape index (κ1) is 57.1. The highest BCUT2D eigenvalue weighted by atomic mass is 16.3. The van der Waals surface area contributed by atoms with Crippen LogP contribution in [0.4, 0.5) is 0 Å². The Labute approximate surface area is 582 Å². The smallest absolute Gasteiger partial charge is 0.235 e. The number of aromatic nitrogens is 8. The molecule has 0 saturated heterocycles. The lowest BCUT2D eigenvalue weighted by Crippen LogP contribution is -2.04. The number of benzene rings is 14. The summed E-state index contributed by atoms with van der Waals surface area (Å²) in [6, 6.07) is 119. The highest BCUT2D eigenvalue weighted by Crippen LogP contribution is 2.44. The summed E-state index contributed by atoms with van der Waals surface area (Å²) in [4.78, 5) is 21.2. The Kier molecular flexibility index (Phi) is 12.8. The van der Waals surface area contributed by atoms with Crippen molar-refractivity contribution in [2.24, 2.45) is 0 Å². The van der Waals surface area contributed by atoms with Gasteiger partial charge < -0.3 is 18.0 Å². The van der Waals surface area contributed by atoms with Crippen molar-refractivity contribution in [2.45, 2.75) is 0 Å². The lowest BCUT2D eigenvalue weighted by Gasteiger charge is -2.13. The van der Waals surface area contributed by atoms with Gasteiger partial charge in [0.05, 0.1) is 66.8 Å². The molecule has 14 aromatic carbocycles. The molecule has 102 heavy (non-hydrogen) atoms. The van der Waals surface area contributed by atoms with Gasteiger partial charge in [-0.1, -0.05) is 224 Å². The van der Waals surface area contributed by atoms with Crippen LogP contribution < -0.4 is 0 Å².